The van der Waals surface area contributed by atoms with Crippen molar-refractivity contribution in [3.63, 3.8) is 0 Å². The average molecular weight is 361 g/mol. The van der Waals surface area contributed by atoms with Crippen LogP contribution >= 0.6 is 35.5 Å². The van der Waals surface area contributed by atoms with Gasteiger partial charge in [0.15, 0.2) is 0 Å². The van der Waals surface area contributed by atoms with Gasteiger partial charge in [0.2, 0.25) is 5.91 Å². The van der Waals surface area contributed by atoms with Crippen LogP contribution in [0.5, 0.6) is 0 Å². The molecular formula is C16H25ClN2OS2. The maximum absolute atomic E-state index is 12.8. The summed E-state index contributed by atoms with van der Waals surface area (Å²) in [5.41, 5.74) is 1.29. The Morgan fingerprint density at radius 1 is 1.41 bits per heavy atom. The molecule has 0 saturated carbocycles. The molecule has 0 aromatic carbocycles. The number of rotatable bonds is 4. The molecule has 1 atom stereocenters. The Kier molecular flexibility index (Phi) is 7.06. The Morgan fingerprint density at radius 2 is 2.18 bits per heavy atom. The molecule has 1 N–H and O–H groups in total. The van der Waals surface area contributed by atoms with Crippen LogP contribution in [0, 0.1) is 5.92 Å². The molecule has 2 aliphatic heterocycles. The molecule has 2 aliphatic rings. The fourth-order valence-electron chi connectivity index (χ4n) is 3.22. The summed E-state index contributed by atoms with van der Waals surface area (Å²) in [6.45, 7) is 6.17. The third-order valence-electron chi connectivity index (χ3n) is 4.51. The average Bonchev–Trinajstić information content (AvgIpc) is 3.01. The minimum absolute atomic E-state index is 0. The number of nitrogens with zero attached hydrogens (tertiary/aromatic N) is 1. The van der Waals surface area contributed by atoms with Gasteiger partial charge in [-0.1, -0.05) is 6.92 Å². The van der Waals surface area contributed by atoms with Crippen molar-refractivity contribution in [3.8, 4) is 0 Å². The Labute approximate surface area is 147 Å². The molecule has 124 valence electrons. The largest absolute Gasteiger partial charge is 0.341 e. The normalized spacial score (nSPS) is 22.0. The SMILES string of the molecule is CCNCC1CCN(C(=O)C2SCCc3sccc32)CC1.Cl. The first-order chi connectivity index (χ1) is 10.3. The van der Waals surface area contributed by atoms with E-state index in [-0.39, 0.29) is 17.7 Å². The highest BCUT2D eigenvalue weighted by molar-refractivity contribution is 8.00. The zero-order chi connectivity index (χ0) is 14.7. The Hall–Kier alpha value is -0.230. The van der Waals surface area contributed by atoms with Crippen LogP contribution in [0.25, 0.3) is 0 Å². The summed E-state index contributed by atoms with van der Waals surface area (Å²) in [5.74, 6) is 2.17. The molecule has 1 aromatic heterocycles. The van der Waals surface area contributed by atoms with Crippen LogP contribution < -0.4 is 5.32 Å². The number of carbonyl (C=O) groups is 1. The highest BCUT2D eigenvalue weighted by atomic mass is 35.5. The number of amides is 1. The number of nitrogens with one attached hydrogen (secondary N) is 1. The summed E-state index contributed by atoms with van der Waals surface area (Å²) < 4.78 is 0. The Morgan fingerprint density at radius 3 is 2.91 bits per heavy atom. The highest BCUT2D eigenvalue weighted by Crippen LogP contribution is 2.40. The van der Waals surface area contributed by atoms with Crippen molar-refractivity contribution < 1.29 is 4.79 Å². The van der Waals surface area contributed by atoms with Crippen molar-refractivity contribution in [2.24, 2.45) is 5.92 Å². The third-order valence-corrected chi connectivity index (χ3v) is 6.73. The van der Waals surface area contributed by atoms with Crippen LogP contribution in [-0.2, 0) is 11.2 Å². The molecule has 0 spiro atoms. The van der Waals surface area contributed by atoms with E-state index in [0.29, 0.717) is 5.91 Å². The Balaban J connectivity index is 0.00000176. The van der Waals surface area contributed by atoms with Crippen molar-refractivity contribution in [2.75, 3.05) is 31.9 Å². The first kappa shape index (κ1) is 18.1. The summed E-state index contributed by atoms with van der Waals surface area (Å²) in [6, 6.07) is 2.16. The van der Waals surface area contributed by atoms with E-state index in [4.69, 9.17) is 0 Å². The van der Waals surface area contributed by atoms with Gasteiger partial charge in [-0.05, 0) is 61.0 Å². The van der Waals surface area contributed by atoms with Crippen LogP contribution in [0.4, 0.5) is 0 Å². The zero-order valence-corrected chi connectivity index (χ0v) is 15.5. The standard InChI is InChI=1S/C16H24N2OS2.ClH/c1-2-17-11-12-3-7-18(8-4-12)16(19)15-13-5-9-20-14(13)6-10-21-15;/h5,9,12,15,17H,2-4,6-8,10-11H2,1H3;1H. The summed E-state index contributed by atoms with van der Waals surface area (Å²) in [5, 5.41) is 5.63. The second-order valence-corrected chi connectivity index (χ2v) is 8.09. The van der Waals surface area contributed by atoms with Crippen LogP contribution in [0.1, 0.15) is 35.5 Å². The second-order valence-electron chi connectivity index (χ2n) is 5.88. The molecule has 3 rings (SSSR count). The first-order valence-electron chi connectivity index (χ1n) is 7.97. The van der Waals surface area contributed by atoms with Crippen LogP contribution in [0.2, 0.25) is 0 Å². The monoisotopic (exact) mass is 360 g/mol. The van der Waals surface area contributed by atoms with Crippen LogP contribution in [-0.4, -0.2) is 42.7 Å². The number of halogens is 1. The molecule has 6 heteroatoms. The lowest BCUT2D eigenvalue weighted by Crippen LogP contribution is -2.42. The number of aryl methyl sites for hydroxylation is 1. The van der Waals surface area contributed by atoms with Crippen molar-refractivity contribution in [3.05, 3.63) is 21.9 Å². The molecule has 1 aromatic rings. The van der Waals surface area contributed by atoms with E-state index in [0.717, 1.165) is 57.1 Å². The summed E-state index contributed by atoms with van der Waals surface area (Å²) in [4.78, 5) is 16.4. The predicted octanol–water partition coefficient (Wildman–Crippen LogP) is 3.35. The molecule has 0 aliphatic carbocycles. The molecular weight excluding hydrogens is 336 g/mol. The Bertz CT molecular complexity index is 486. The van der Waals surface area contributed by atoms with Gasteiger partial charge in [0.05, 0.1) is 0 Å². The van der Waals surface area contributed by atoms with Crippen molar-refractivity contribution in [1.82, 2.24) is 10.2 Å². The van der Waals surface area contributed by atoms with Crippen molar-refractivity contribution >= 4 is 41.4 Å². The number of fused-ring (bicyclic) bond motifs is 1. The summed E-state index contributed by atoms with van der Waals surface area (Å²) >= 11 is 3.64. The quantitative estimate of drug-likeness (QED) is 0.893. The van der Waals surface area contributed by atoms with Crippen molar-refractivity contribution in [2.45, 2.75) is 31.4 Å². The topological polar surface area (TPSA) is 32.3 Å². The van der Waals surface area contributed by atoms with Gasteiger partial charge in [0.25, 0.3) is 0 Å². The highest BCUT2D eigenvalue weighted by Gasteiger charge is 2.33. The second kappa shape index (κ2) is 8.57. The molecule has 0 bridgehead atoms. The van der Waals surface area contributed by atoms with E-state index < -0.39 is 0 Å². The molecule has 1 amide bonds. The number of piperidine rings is 1. The fraction of sp³-hybridized carbons (Fsp3) is 0.688. The number of likely N-dealkylation sites (tertiary alicyclic amines) is 1. The van der Waals surface area contributed by atoms with E-state index in [1.807, 2.05) is 23.1 Å². The van der Waals surface area contributed by atoms with Gasteiger partial charge in [-0.3, -0.25) is 4.79 Å². The molecule has 3 nitrogen and oxygen atoms in total. The molecule has 3 heterocycles. The van der Waals surface area contributed by atoms with Crippen LogP contribution in [0.3, 0.4) is 0 Å². The van der Waals surface area contributed by atoms with Gasteiger partial charge in [0.1, 0.15) is 5.25 Å². The first-order valence-corrected chi connectivity index (χ1v) is 9.89. The summed E-state index contributed by atoms with van der Waals surface area (Å²) in [6.07, 6.45) is 3.42. The van der Waals surface area contributed by atoms with Gasteiger partial charge in [-0.15, -0.1) is 35.5 Å². The maximum Gasteiger partial charge on any atom is 0.240 e. The number of carbonyl (C=O) groups excluding carboxylic acids is 1. The van der Waals surface area contributed by atoms with E-state index in [1.165, 1.54) is 10.4 Å². The minimum atomic E-state index is 0. The van der Waals surface area contributed by atoms with Gasteiger partial charge in [-0.2, -0.15) is 0 Å². The van der Waals surface area contributed by atoms with Gasteiger partial charge < -0.3 is 10.2 Å². The van der Waals surface area contributed by atoms with Crippen molar-refractivity contribution in [1.29, 1.82) is 0 Å². The zero-order valence-electron chi connectivity index (χ0n) is 13.0. The van der Waals surface area contributed by atoms with Gasteiger partial charge in [-0.25, -0.2) is 0 Å². The smallest absolute Gasteiger partial charge is 0.240 e. The number of thioether (sulfide) groups is 1. The van der Waals surface area contributed by atoms with E-state index in [1.54, 1.807) is 0 Å². The van der Waals surface area contributed by atoms with Crippen LogP contribution in [0.15, 0.2) is 11.4 Å². The third kappa shape index (κ3) is 3.99. The lowest BCUT2D eigenvalue weighted by molar-refractivity contribution is -0.132. The van der Waals surface area contributed by atoms with E-state index >= 15 is 0 Å². The minimum Gasteiger partial charge on any atom is -0.341 e. The van der Waals surface area contributed by atoms with E-state index in [2.05, 4.69) is 28.6 Å². The maximum atomic E-state index is 12.8. The molecule has 1 unspecified atom stereocenters. The fourth-order valence-corrected chi connectivity index (χ4v) is 5.60. The molecule has 22 heavy (non-hydrogen) atoms. The van der Waals surface area contributed by atoms with E-state index in [9.17, 15) is 4.79 Å². The summed E-state index contributed by atoms with van der Waals surface area (Å²) in [7, 11) is 0. The predicted molar refractivity (Wildman–Crippen MR) is 98.3 cm³/mol. The lowest BCUT2D eigenvalue weighted by Gasteiger charge is -2.35. The lowest BCUT2D eigenvalue weighted by atomic mass is 9.96. The number of hydrogen-bond donors (Lipinski definition) is 1. The van der Waals surface area contributed by atoms with Gasteiger partial charge >= 0.3 is 0 Å². The number of hydrogen-bond acceptors (Lipinski definition) is 4. The number of thiophene rings is 1. The molecule has 1 saturated heterocycles. The molecule has 1 fully saturated rings. The molecule has 0 radical (unpaired) electrons. The van der Waals surface area contributed by atoms with Gasteiger partial charge in [0, 0.05) is 18.0 Å².